The van der Waals surface area contributed by atoms with E-state index >= 15 is 0 Å². The SMILES string of the molecule is O=C(NCc1cccc(F)c1)c1nc(-c2nccs2)[nH]c(=O)c1O. The lowest BCUT2D eigenvalue weighted by molar-refractivity contribution is 0.0942. The summed E-state index contributed by atoms with van der Waals surface area (Å²) in [5.41, 5.74) is -0.723. The molecule has 0 saturated heterocycles. The van der Waals surface area contributed by atoms with E-state index in [9.17, 15) is 19.1 Å². The number of carbonyl (C=O) groups is 1. The van der Waals surface area contributed by atoms with Crippen molar-refractivity contribution in [1.29, 1.82) is 0 Å². The number of aromatic amines is 1. The molecule has 0 saturated carbocycles. The van der Waals surface area contributed by atoms with Gasteiger partial charge in [-0.1, -0.05) is 12.1 Å². The summed E-state index contributed by atoms with van der Waals surface area (Å²) in [7, 11) is 0. The normalized spacial score (nSPS) is 10.5. The lowest BCUT2D eigenvalue weighted by Crippen LogP contribution is -2.26. The lowest BCUT2D eigenvalue weighted by atomic mass is 10.2. The number of hydrogen-bond acceptors (Lipinski definition) is 6. The van der Waals surface area contributed by atoms with E-state index in [4.69, 9.17) is 0 Å². The molecule has 0 atom stereocenters. The van der Waals surface area contributed by atoms with Gasteiger partial charge in [-0.3, -0.25) is 9.59 Å². The number of aromatic nitrogens is 3. The summed E-state index contributed by atoms with van der Waals surface area (Å²) in [6, 6.07) is 5.71. The van der Waals surface area contributed by atoms with Crippen molar-refractivity contribution in [3.05, 3.63) is 63.3 Å². The number of halogens is 1. The van der Waals surface area contributed by atoms with Crippen molar-refractivity contribution in [3.8, 4) is 16.6 Å². The van der Waals surface area contributed by atoms with Crippen LogP contribution in [0.15, 0.2) is 40.6 Å². The molecule has 0 bridgehead atoms. The fourth-order valence-electron chi connectivity index (χ4n) is 1.98. The molecule has 0 spiro atoms. The van der Waals surface area contributed by atoms with Gasteiger partial charge in [-0.05, 0) is 17.7 Å². The van der Waals surface area contributed by atoms with Crippen LogP contribution in [0.2, 0.25) is 0 Å². The Morgan fingerprint density at radius 1 is 1.42 bits per heavy atom. The first-order valence-corrected chi connectivity index (χ1v) is 7.68. The predicted octanol–water partition coefficient (Wildman–Crippen LogP) is 1.67. The van der Waals surface area contributed by atoms with E-state index < -0.39 is 28.7 Å². The molecule has 0 radical (unpaired) electrons. The molecule has 0 aliphatic rings. The second kappa shape index (κ2) is 6.59. The average molecular weight is 346 g/mol. The topological polar surface area (TPSA) is 108 Å². The zero-order valence-electron chi connectivity index (χ0n) is 12.1. The third-order valence-corrected chi connectivity index (χ3v) is 3.87. The number of nitrogens with zero attached hydrogens (tertiary/aromatic N) is 2. The van der Waals surface area contributed by atoms with Crippen LogP contribution in [0.5, 0.6) is 5.75 Å². The molecule has 3 rings (SSSR count). The summed E-state index contributed by atoms with van der Waals surface area (Å²) in [5.74, 6) is -1.87. The van der Waals surface area contributed by atoms with Gasteiger partial charge in [0.2, 0.25) is 5.75 Å². The van der Waals surface area contributed by atoms with Crippen LogP contribution in [0.1, 0.15) is 16.1 Å². The summed E-state index contributed by atoms with van der Waals surface area (Å²) in [6.07, 6.45) is 1.52. The molecule has 9 heteroatoms. The third-order valence-electron chi connectivity index (χ3n) is 3.09. The van der Waals surface area contributed by atoms with Crippen LogP contribution in [0.4, 0.5) is 4.39 Å². The van der Waals surface area contributed by atoms with Crippen LogP contribution in [0, 0.1) is 5.82 Å². The van der Waals surface area contributed by atoms with E-state index in [1.807, 2.05) is 0 Å². The molecule has 1 aromatic carbocycles. The maximum Gasteiger partial charge on any atom is 0.294 e. The van der Waals surface area contributed by atoms with Crippen LogP contribution in [-0.4, -0.2) is 26.0 Å². The minimum absolute atomic E-state index is 0.0249. The van der Waals surface area contributed by atoms with Crippen molar-refractivity contribution in [1.82, 2.24) is 20.3 Å². The number of benzene rings is 1. The van der Waals surface area contributed by atoms with Gasteiger partial charge in [-0.15, -0.1) is 11.3 Å². The van der Waals surface area contributed by atoms with Gasteiger partial charge in [-0.2, -0.15) is 0 Å². The molecule has 2 heterocycles. The minimum atomic E-state index is -0.842. The predicted molar refractivity (Wildman–Crippen MR) is 85.2 cm³/mol. The molecule has 122 valence electrons. The van der Waals surface area contributed by atoms with E-state index in [1.54, 1.807) is 11.4 Å². The van der Waals surface area contributed by atoms with Gasteiger partial charge in [0.05, 0.1) is 0 Å². The molecule has 1 amide bonds. The Morgan fingerprint density at radius 2 is 2.25 bits per heavy atom. The fourth-order valence-corrected chi connectivity index (χ4v) is 2.56. The highest BCUT2D eigenvalue weighted by Gasteiger charge is 2.19. The monoisotopic (exact) mass is 346 g/mol. The van der Waals surface area contributed by atoms with Crippen LogP contribution >= 0.6 is 11.3 Å². The van der Waals surface area contributed by atoms with Crippen molar-refractivity contribution in [3.63, 3.8) is 0 Å². The molecule has 0 unspecified atom stereocenters. The molecule has 0 aliphatic carbocycles. The van der Waals surface area contributed by atoms with Gasteiger partial charge < -0.3 is 15.4 Å². The van der Waals surface area contributed by atoms with Gasteiger partial charge in [0.15, 0.2) is 16.5 Å². The van der Waals surface area contributed by atoms with E-state index in [1.165, 1.54) is 35.7 Å². The molecule has 7 nitrogen and oxygen atoms in total. The molecular formula is C15H11FN4O3S. The van der Waals surface area contributed by atoms with Crippen LogP contribution in [-0.2, 0) is 6.54 Å². The molecule has 3 aromatic rings. The minimum Gasteiger partial charge on any atom is -0.501 e. The fraction of sp³-hybridized carbons (Fsp3) is 0.0667. The molecular weight excluding hydrogens is 335 g/mol. The summed E-state index contributed by atoms with van der Waals surface area (Å²) in [4.78, 5) is 34.3. The van der Waals surface area contributed by atoms with Crippen molar-refractivity contribution in [2.45, 2.75) is 6.54 Å². The van der Waals surface area contributed by atoms with Crippen molar-refractivity contribution >= 4 is 17.2 Å². The van der Waals surface area contributed by atoms with Crippen molar-refractivity contribution in [2.75, 3.05) is 0 Å². The van der Waals surface area contributed by atoms with E-state index in [0.29, 0.717) is 10.6 Å². The Labute approximate surface area is 138 Å². The van der Waals surface area contributed by atoms with E-state index in [0.717, 1.165) is 0 Å². The first-order valence-electron chi connectivity index (χ1n) is 6.80. The highest BCUT2D eigenvalue weighted by molar-refractivity contribution is 7.13. The second-order valence-electron chi connectivity index (χ2n) is 4.76. The van der Waals surface area contributed by atoms with E-state index in [2.05, 4.69) is 20.3 Å². The van der Waals surface area contributed by atoms with Crippen LogP contribution < -0.4 is 10.9 Å². The largest absolute Gasteiger partial charge is 0.501 e. The maximum atomic E-state index is 13.1. The smallest absolute Gasteiger partial charge is 0.294 e. The standard InChI is InChI=1S/C15H11FN4O3S/c16-9-3-1-2-8(6-9)7-18-13(22)10-11(21)14(23)20-12(19-10)15-17-4-5-24-15/h1-6,21H,7H2,(H,18,22)(H,19,20,23). The van der Waals surface area contributed by atoms with Crippen LogP contribution in [0.3, 0.4) is 0 Å². The van der Waals surface area contributed by atoms with Gasteiger partial charge in [0.25, 0.3) is 11.5 Å². The molecule has 24 heavy (non-hydrogen) atoms. The highest BCUT2D eigenvalue weighted by Crippen LogP contribution is 2.19. The number of aromatic hydroxyl groups is 1. The zero-order valence-corrected chi connectivity index (χ0v) is 12.9. The van der Waals surface area contributed by atoms with Crippen molar-refractivity contribution < 1.29 is 14.3 Å². The van der Waals surface area contributed by atoms with Gasteiger partial charge in [0, 0.05) is 18.1 Å². The Bertz CT molecular complexity index is 940. The third kappa shape index (κ3) is 3.30. The number of nitrogens with one attached hydrogen (secondary N) is 2. The second-order valence-corrected chi connectivity index (χ2v) is 5.66. The first-order chi connectivity index (χ1) is 11.5. The molecule has 0 aliphatic heterocycles. The zero-order chi connectivity index (χ0) is 17.1. The van der Waals surface area contributed by atoms with Gasteiger partial charge in [-0.25, -0.2) is 14.4 Å². The Morgan fingerprint density at radius 3 is 2.96 bits per heavy atom. The summed E-state index contributed by atoms with van der Waals surface area (Å²) in [5, 5.41) is 14.4. The Hall–Kier alpha value is -3.07. The number of thiazole rings is 1. The summed E-state index contributed by atoms with van der Waals surface area (Å²) < 4.78 is 13.1. The van der Waals surface area contributed by atoms with E-state index in [-0.39, 0.29) is 12.4 Å². The number of amides is 1. The number of hydrogen-bond donors (Lipinski definition) is 3. The van der Waals surface area contributed by atoms with Crippen LogP contribution in [0.25, 0.3) is 10.8 Å². The number of carbonyl (C=O) groups excluding carboxylic acids is 1. The number of rotatable bonds is 4. The molecule has 3 N–H and O–H groups in total. The first kappa shape index (κ1) is 15.8. The number of H-pyrrole nitrogens is 1. The lowest BCUT2D eigenvalue weighted by Gasteiger charge is -2.07. The van der Waals surface area contributed by atoms with Gasteiger partial charge in [0.1, 0.15) is 5.82 Å². The Kier molecular flexibility index (Phi) is 4.34. The Balaban J connectivity index is 1.85. The quantitative estimate of drug-likeness (QED) is 0.666. The summed E-state index contributed by atoms with van der Waals surface area (Å²) >= 11 is 1.22. The summed E-state index contributed by atoms with van der Waals surface area (Å²) in [6.45, 7) is 0.0249. The molecule has 2 aromatic heterocycles. The van der Waals surface area contributed by atoms with Gasteiger partial charge >= 0.3 is 0 Å². The average Bonchev–Trinajstić information content (AvgIpc) is 3.09. The maximum absolute atomic E-state index is 13.1. The highest BCUT2D eigenvalue weighted by atomic mass is 32.1. The molecule has 0 fully saturated rings. The van der Waals surface area contributed by atoms with Crippen molar-refractivity contribution in [2.24, 2.45) is 0 Å².